The number of para-hydroxylation sites is 1. The zero-order chi connectivity index (χ0) is 13.2. The Hall–Kier alpha value is -1.51. The van der Waals surface area contributed by atoms with Gasteiger partial charge in [-0.1, -0.05) is 32.0 Å². The largest absolute Gasteiger partial charge is 0.496 e. The van der Waals surface area contributed by atoms with Crippen LogP contribution < -0.4 is 10.1 Å². The Morgan fingerprint density at radius 1 is 1.39 bits per heavy atom. The summed E-state index contributed by atoms with van der Waals surface area (Å²) < 4.78 is 5.39. The lowest BCUT2D eigenvalue weighted by molar-refractivity contribution is -0.120. The average molecular weight is 247 g/mol. The van der Waals surface area contributed by atoms with Gasteiger partial charge in [0, 0.05) is 12.0 Å². The highest BCUT2D eigenvalue weighted by atomic mass is 16.5. The van der Waals surface area contributed by atoms with Crippen LogP contribution in [0.3, 0.4) is 0 Å². The van der Waals surface area contributed by atoms with Crippen molar-refractivity contribution in [2.45, 2.75) is 38.6 Å². The van der Waals surface area contributed by atoms with Crippen molar-refractivity contribution in [1.82, 2.24) is 5.32 Å². The molecule has 1 N–H and O–H groups in total. The van der Waals surface area contributed by atoms with Crippen molar-refractivity contribution in [2.75, 3.05) is 7.11 Å². The zero-order valence-electron chi connectivity index (χ0n) is 11.3. The number of nitrogens with one attached hydrogen (secondary N) is 1. The fraction of sp³-hybridized carbons (Fsp3) is 0.533. The van der Waals surface area contributed by atoms with Crippen molar-refractivity contribution < 1.29 is 9.53 Å². The minimum Gasteiger partial charge on any atom is -0.496 e. The first-order chi connectivity index (χ1) is 8.57. The normalized spacial score (nSPS) is 23.2. The van der Waals surface area contributed by atoms with Crippen LogP contribution in [-0.4, -0.2) is 18.6 Å². The van der Waals surface area contributed by atoms with Gasteiger partial charge in [-0.05, 0) is 30.4 Å². The summed E-state index contributed by atoms with van der Waals surface area (Å²) in [5.41, 5.74) is 1.04. The van der Waals surface area contributed by atoms with E-state index in [0.717, 1.165) is 24.2 Å². The summed E-state index contributed by atoms with van der Waals surface area (Å²) in [6, 6.07) is 8.04. The quantitative estimate of drug-likeness (QED) is 0.888. The Bertz CT molecular complexity index is 442. The van der Waals surface area contributed by atoms with Gasteiger partial charge >= 0.3 is 0 Å². The van der Waals surface area contributed by atoms with Crippen molar-refractivity contribution in [3.8, 4) is 5.75 Å². The van der Waals surface area contributed by atoms with Gasteiger partial charge < -0.3 is 10.1 Å². The van der Waals surface area contributed by atoms with E-state index in [2.05, 4.69) is 25.2 Å². The summed E-state index contributed by atoms with van der Waals surface area (Å²) in [4.78, 5) is 11.6. The van der Waals surface area contributed by atoms with Crippen molar-refractivity contribution in [1.29, 1.82) is 0 Å². The molecule has 0 radical (unpaired) electrons. The molecule has 1 aliphatic heterocycles. The molecule has 1 aliphatic rings. The topological polar surface area (TPSA) is 38.3 Å². The summed E-state index contributed by atoms with van der Waals surface area (Å²) in [5.74, 6) is 1.48. The third-order valence-corrected chi connectivity index (χ3v) is 3.99. The lowest BCUT2D eigenvalue weighted by atomic mass is 9.79. The lowest BCUT2D eigenvalue weighted by Crippen LogP contribution is -2.48. The van der Waals surface area contributed by atoms with Crippen LogP contribution in [0, 0.1) is 5.92 Å². The zero-order valence-corrected chi connectivity index (χ0v) is 11.3. The van der Waals surface area contributed by atoms with Gasteiger partial charge in [-0.25, -0.2) is 0 Å². The maximum Gasteiger partial charge on any atom is 0.220 e. The molecule has 1 aromatic rings. The second kappa shape index (κ2) is 5.01. The van der Waals surface area contributed by atoms with Crippen LogP contribution in [0.5, 0.6) is 5.75 Å². The molecule has 0 aromatic heterocycles. The molecular formula is C15H21NO2. The maximum absolute atomic E-state index is 11.6. The Kier molecular flexibility index (Phi) is 3.60. The number of hydrogen-bond donors (Lipinski definition) is 1. The number of rotatable bonds is 4. The number of carbonyl (C=O) groups is 1. The molecule has 1 aromatic carbocycles. The number of benzene rings is 1. The third kappa shape index (κ3) is 2.35. The number of carbonyl (C=O) groups excluding carboxylic acids is 1. The average Bonchev–Trinajstić information content (AvgIpc) is 2.73. The lowest BCUT2D eigenvalue weighted by Gasteiger charge is -2.34. The van der Waals surface area contributed by atoms with Gasteiger partial charge in [0.15, 0.2) is 0 Å². The molecule has 0 bridgehead atoms. The van der Waals surface area contributed by atoms with E-state index < -0.39 is 0 Å². The van der Waals surface area contributed by atoms with Crippen LogP contribution in [0.25, 0.3) is 0 Å². The Balaban J connectivity index is 2.27. The monoisotopic (exact) mass is 247 g/mol. The van der Waals surface area contributed by atoms with Crippen molar-refractivity contribution in [3.63, 3.8) is 0 Å². The summed E-state index contributed by atoms with van der Waals surface area (Å²) in [6.07, 6.45) is 2.37. The number of amides is 1. The summed E-state index contributed by atoms with van der Waals surface area (Å²) >= 11 is 0. The van der Waals surface area contributed by atoms with Crippen LogP contribution >= 0.6 is 0 Å². The van der Waals surface area contributed by atoms with Crippen LogP contribution in [-0.2, 0) is 11.2 Å². The minimum atomic E-state index is -0.119. The van der Waals surface area contributed by atoms with E-state index in [0.29, 0.717) is 12.3 Å². The molecule has 1 fully saturated rings. The van der Waals surface area contributed by atoms with E-state index >= 15 is 0 Å². The molecule has 0 aliphatic carbocycles. The summed E-state index contributed by atoms with van der Waals surface area (Å²) in [7, 11) is 1.69. The van der Waals surface area contributed by atoms with E-state index in [1.54, 1.807) is 7.11 Å². The van der Waals surface area contributed by atoms with Gasteiger partial charge in [0.05, 0.1) is 7.11 Å². The first-order valence-electron chi connectivity index (χ1n) is 6.50. The molecule has 3 nitrogen and oxygen atoms in total. The molecule has 3 heteroatoms. The first-order valence-corrected chi connectivity index (χ1v) is 6.50. The van der Waals surface area contributed by atoms with Gasteiger partial charge in [-0.15, -0.1) is 0 Å². The van der Waals surface area contributed by atoms with Crippen molar-refractivity contribution in [2.24, 2.45) is 5.92 Å². The third-order valence-electron chi connectivity index (χ3n) is 3.99. The molecule has 98 valence electrons. The maximum atomic E-state index is 11.6. The van der Waals surface area contributed by atoms with E-state index in [4.69, 9.17) is 4.74 Å². The molecule has 2 rings (SSSR count). The Morgan fingerprint density at radius 3 is 2.67 bits per heavy atom. The molecule has 1 unspecified atom stereocenters. The molecule has 1 heterocycles. The van der Waals surface area contributed by atoms with Crippen molar-refractivity contribution >= 4 is 5.91 Å². The fourth-order valence-corrected chi connectivity index (χ4v) is 2.70. The molecule has 1 amide bonds. The van der Waals surface area contributed by atoms with Crippen LogP contribution in [0.2, 0.25) is 0 Å². The van der Waals surface area contributed by atoms with Crippen LogP contribution in [0.4, 0.5) is 0 Å². The van der Waals surface area contributed by atoms with Gasteiger partial charge in [-0.3, -0.25) is 4.79 Å². The van der Waals surface area contributed by atoms with Gasteiger partial charge in [0.2, 0.25) is 5.91 Å². The summed E-state index contributed by atoms with van der Waals surface area (Å²) in [5, 5.41) is 3.17. The molecular weight excluding hydrogens is 226 g/mol. The van der Waals surface area contributed by atoms with E-state index in [1.807, 2.05) is 18.2 Å². The van der Waals surface area contributed by atoms with Crippen LogP contribution in [0.1, 0.15) is 32.3 Å². The summed E-state index contributed by atoms with van der Waals surface area (Å²) in [6.45, 7) is 4.34. The van der Waals surface area contributed by atoms with E-state index in [9.17, 15) is 4.79 Å². The number of hydrogen-bond acceptors (Lipinski definition) is 2. The van der Waals surface area contributed by atoms with Gasteiger partial charge in [0.1, 0.15) is 5.75 Å². The van der Waals surface area contributed by atoms with Crippen LogP contribution in [0.15, 0.2) is 24.3 Å². The Morgan fingerprint density at radius 2 is 2.11 bits per heavy atom. The van der Waals surface area contributed by atoms with Gasteiger partial charge in [-0.2, -0.15) is 0 Å². The van der Waals surface area contributed by atoms with Gasteiger partial charge in [0.25, 0.3) is 0 Å². The first kappa shape index (κ1) is 12.9. The fourth-order valence-electron chi connectivity index (χ4n) is 2.70. The Labute approximate surface area is 109 Å². The highest BCUT2D eigenvalue weighted by molar-refractivity contribution is 5.79. The molecule has 1 saturated heterocycles. The minimum absolute atomic E-state index is 0.119. The number of ether oxygens (including phenoxy) is 1. The smallest absolute Gasteiger partial charge is 0.220 e. The second-order valence-corrected chi connectivity index (χ2v) is 5.35. The second-order valence-electron chi connectivity index (χ2n) is 5.35. The molecule has 18 heavy (non-hydrogen) atoms. The predicted molar refractivity (Wildman–Crippen MR) is 71.6 cm³/mol. The highest BCUT2D eigenvalue weighted by Crippen LogP contribution is 2.34. The highest BCUT2D eigenvalue weighted by Gasteiger charge is 2.40. The molecule has 1 atom stereocenters. The SMILES string of the molecule is COc1ccccc1CC1(C(C)C)CCC(=O)N1. The number of methoxy groups -OCH3 is 1. The van der Waals surface area contributed by atoms with Crippen molar-refractivity contribution in [3.05, 3.63) is 29.8 Å². The standard InChI is InChI=1S/C15H21NO2/c1-11(2)15(9-8-14(17)16-15)10-12-6-4-5-7-13(12)18-3/h4-7,11H,8-10H2,1-3H3,(H,16,17). The molecule has 0 spiro atoms. The predicted octanol–water partition coefficient (Wildman–Crippen LogP) is 2.54. The van der Waals surface area contributed by atoms with E-state index in [-0.39, 0.29) is 11.4 Å². The molecule has 0 saturated carbocycles. The van der Waals surface area contributed by atoms with E-state index in [1.165, 1.54) is 0 Å².